The Morgan fingerprint density at radius 1 is 1.00 bits per heavy atom. The molecule has 0 bridgehead atoms. The summed E-state index contributed by atoms with van der Waals surface area (Å²) in [6, 6.07) is -1.47. The Morgan fingerprint density at radius 2 is 1.29 bits per heavy atom. The van der Waals surface area contributed by atoms with Crippen LogP contribution in [0.1, 0.15) is 12.8 Å². The molecule has 0 unspecified atom stereocenters. The molecule has 0 heterocycles. The zero-order chi connectivity index (χ0) is 20.3. The molecule has 0 saturated carbocycles. The van der Waals surface area contributed by atoms with Crippen molar-refractivity contribution in [2.45, 2.75) is 18.9 Å². The summed E-state index contributed by atoms with van der Waals surface area (Å²) < 4.78 is 0. The summed E-state index contributed by atoms with van der Waals surface area (Å²) in [6.07, 6.45) is 0.839. The first-order valence-corrected chi connectivity index (χ1v) is 5.25. The van der Waals surface area contributed by atoms with Gasteiger partial charge in [0.2, 0.25) is 0 Å². The number of primary amides is 1. The van der Waals surface area contributed by atoms with E-state index in [1.165, 1.54) is 0 Å². The number of carboxylic acid groups (broad SMARTS) is 1. The Bertz CT molecular complexity index is 361. The number of hydrogen-bond acceptors (Lipinski definition) is 9. The fourth-order valence-electron chi connectivity index (χ4n) is 0.657. The Kier molecular flexibility index (Phi) is 22.9. The van der Waals surface area contributed by atoms with Crippen molar-refractivity contribution in [3.8, 4) is 0 Å². The highest BCUT2D eigenvalue weighted by Crippen LogP contribution is 1.92. The average Bonchev–Trinajstić information content (AvgIpc) is 2.31. The van der Waals surface area contributed by atoms with Crippen LogP contribution in [0.25, 0.3) is 0 Å². The molecule has 0 aliphatic heterocycles. The molecule has 0 aromatic carbocycles. The lowest BCUT2D eigenvalue weighted by atomic mass is 10.2. The van der Waals surface area contributed by atoms with Gasteiger partial charge >= 0.3 is 12.0 Å². The Hall–Kier alpha value is -3.70. The van der Waals surface area contributed by atoms with Crippen LogP contribution in [0.2, 0.25) is 0 Å². The highest BCUT2D eigenvalue weighted by atomic mass is 16.9. The van der Waals surface area contributed by atoms with Crippen molar-refractivity contribution in [3.05, 3.63) is 30.3 Å². The van der Waals surface area contributed by atoms with Gasteiger partial charge in [-0.2, -0.15) is 0 Å². The fourth-order valence-corrected chi connectivity index (χ4v) is 0.657. The van der Waals surface area contributed by atoms with Crippen LogP contribution in [-0.2, 0) is 4.79 Å². The van der Waals surface area contributed by atoms with Crippen LogP contribution in [0.3, 0.4) is 0 Å². The smallest absolute Gasteiger partial charge is 0.320 e. The van der Waals surface area contributed by atoms with E-state index in [4.69, 9.17) is 62.5 Å². The monoisotopic (exact) mass is 364 g/mol. The minimum absolute atomic E-state index is 0.329. The van der Waals surface area contributed by atoms with E-state index in [-0.39, 0.29) is 0 Å². The molecule has 0 radical (unpaired) electrons. The predicted octanol–water partition coefficient (Wildman–Crippen LogP) is -2.20. The van der Waals surface area contributed by atoms with Gasteiger partial charge in [-0.15, -0.1) is 30.3 Å². The first kappa shape index (κ1) is 28.5. The lowest BCUT2D eigenvalue weighted by Crippen LogP contribution is -2.33. The quantitative estimate of drug-likeness (QED) is 0.155. The molecule has 0 fully saturated rings. The number of nitrogens with two attached hydrogens (primary N) is 2. The Labute approximate surface area is 131 Å². The average molecular weight is 364 g/mol. The highest BCUT2D eigenvalue weighted by molar-refractivity contribution is 5.73. The number of nitrogens with zero attached hydrogens (tertiary/aromatic N) is 3. The molecule has 1 atom stereocenters. The van der Waals surface area contributed by atoms with E-state index in [9.17, 15) is 9.59 Å². The van der Waals surface area contributed by atoms with Crippen LogP contribution >= 0.6 is 0 Å². The number of hydrogen-bond donors (Lipinski definition) is 7. The summed E-state index contributed by atoms with van der Waals surface area (Å²) in [6.45, 7) is 0.357. The molecule has 0 saturated heterocycles. The Balaban J connectivity index is -0.000000137. The van der Waals surface area contributed by atoms with Gasteiger partial charge in [-0.3, -0.25) is 4.79 Å². The maximum absolute atomic E-state index is 10.2. The normalized spacial score (nSPS) is 9.04. The van der Waals surface area contributed by atoms with Gasteiger partial charge in [0.05, 0.1) is 0 Å². The maximum Gasteiger partial charge on any atom is 0.320 e. The Morgan fingerprint density at radius 3 is 1.50 bits per heavy atom. The standard InChI is InChI=1S/C6H13N3O3.3HNO3/c7-4(5(10)11)2-1-3-9-6(8)12;3*2-1(3)4/h4H,1-3,7H2,(H,10,11)(H3,8,9,12);3*(H,2,3,4)/t4-;;;/m0.../s1. The molecule has 0 aromatic heterocycles. The van der Waals surface area contributed by atoms with Gasteiger partial charge in [0.15, 0.2) is 0 Å². The molecule has 24 heavy (non-hydrogen) atoms. The summed E-state index contributed by atoms with van der Waals surface area (Å²) in [4.78, 5) is 45.4. The van der Waals surface area contributed by atoms with Crippen LogP contribution in [0.15, 0.2) is 0 Å². The lowest BCUT2D eigenvalue weighted by Gasteiger charge is -2.05. The van der Waals surface area contributed by atoms with Gasteiger partial charge < -0.3 is 37.5 Å². The van der Waals surface area contributed by atoms with Gasteiger partial charge in [-0.05, 0) is 12.8 Å². The SMILES string of the molecule is NC(=O)NCCC[C@H](N)C(=O)O.O=[N+]([O-])O.O=[N+]([O-])O.O=[N+]([O-])O. The van der Waals surface area contributed by atoms with Crippen LogP contribution in [0, 0.1) is 30.3 Å². The summed E-state index contributed by atoms with van der Waals surface area (Å²) in [5.74, 6) is -1.03. The highest BCUT2D eigenvalue weighted by Gasteiger charge is 2.09. The molecule has 0 rings (SSSR count). The summed E-state index contributed by atoms with van der Waals surface area (Å²) >= 11 is 0. The third-order valence-electron chi connectivity index (χ3n) is 1.31. The second kappa shape index (κ2) is 19.3. The van der Waals surface area contributed by atoms with Crippen molar-refractivity contribution in [2.75, 3.05) is 6.54 Å². The second-order valence-electron chi connectivity index (χ2n) is 3.09. The third-order valence-corrected chi connectivity index (χ3v) is 1.31. The number of rotatable bonds is 5. The van der Waals surface area contributed by atoms with Crippen molar-refractivity contribution >= 4 is 12.0 Å². The first-order chi connectivity index (χ1) is 10.7. The van der Waals surface area contributed by atoms with E-state index in [2.05, 4.69) is 5.32 Å². The zero-order valence-corrected chi connectivity index (χ0v) is 11.7. The van der Waals surface area contributed by atoms with E-state index < -0.39 is 33.3 Å². The minimum atomic E-state index is -1.50. The number of amides is 2. The molecule has 0 aliphatic rings. The van der Waals surface area contributed by atoms with Crippen molar-refractivity contribution in [2.24, 2.45) is 11.5 Å². The van der Waals surface area contributed by atoms with E-state index >= 15 is 0 Å². The predicted molar refractivity (Wildman–Crippen MR) is 68.8 cm³/mol. The third kappa shape index (κ3) is 103. The van der Waals surface area contributed by atoms with Crippen LogP contribution in [0.4, 0.5) is 4.79 Å². The van der Waals surface area contributed by atoms with Gasteiger partial charge in [-0.25, -0.2) is 4.79 Å². The van der Waals surface area contributed by atoms with Gasteiger partial charge in [0.1, 0.15) is 6.04 Å². The summed E-state index contributed by atoms with van der Waals surface area (Å²) in [5, 5.41) is 51.6. The van der Waals surface area contributed by atoms with Crippen LogP contribution < -0.4 is 16.8 Å². The molecule has 2 amide bonds. The number of carbonyl (C=O) groups excluding carboxylic acids is 1. The number of aliphatic carboxylic acids is 1. The second-order valence-corrected chi connectivity index (χ2v) is 3.09. The van der Waals surface area contributed by atoms with E-state index in [1.54, 1.807) is 0 Å². The van der Waals surface area contributed by atoms with Gasteiger partial charge in [0.25, 0.3) is 15.3 Å². The first-order valence-electron chi connectivity index (χ1n) is 5.25. The minimum Gasteiger partial charge on any atom is -0.480 e. The summed E-state index contributed by atoms with van der Waals surface area (Å²) in [5.41, 5.74) is 9.96. The van der Waals surface area contributed by atoms with Crippen molar-refractivity contribution in [3.63, 3.8) is 0 Å². The summed E-state index contributed by atoms with van der Waals surface area (Å²) in [7, 11) is 0. The fraction of sp³-hybridized carbons (Fsp3) is 0.667. The molecule has 0 spiro atoms. The lowest BCUT2D eigenvalue weighted by molar-refractivity contribution is -0.742. The molecule has 18 heteroatoms. The largest absolute Gasteiger partial charge is 0.480 e. The number of urea groups is 1. The molecule has 9 N–H and O–H groups in total. The van der Waals surface area contributed by atoms with E-state index in [0.717, 1.165) is 0 Å². The van der Waals surface area contributed by atoms with Crippen molar-refractivity contribution in [1.82, 2.24) is 5.32 Å². The van der Waals surface area contributed by atoms with Gasteiger partial charge in [-0.1, -0.05) is 0 Å². The number of carboxylic acids is 1. The molecule has 18 nitrogen and oxygen atoms in total. The topological polar surface area (TPSA) is 309 Å². The molecule has 142 valence electrons. The maximum atomic E-state index is 10.2. The number of nitrogens with one attached hydrogen (secondary N) is 1. The van der Waals surface area contributed by atoms with E-state index in [0.29, 0.717) is 19.4 Å². The molecular weight excluding hydrogens is 348 g/mol. The molecule has 0 aromatic rings. The van der Waals surface area contributed by atoms with Crippen molar-refractivity contribution < 1.29 is 45.6 Å². The van der Waals surface area contributed by atoms with E-state index in [1.807, 2.05) is 0 Å². The van der Waals surface area contributed by atoms with Crippen molar-refractivity contribution in [1.29, 1.82) is 0 Å². The van der Waals surface area contributed by atoms with Crippen LogP contribution in [-0.4, -0.2) is 60.6 Å². The number of carbonyl (C=O) groups is 2. The van der Waals surface area contributed by atoms with Gasteiger partial charge in [0, 0.05) is 6.54 Å². The molecular formula is C6H16N6O12. The van der Waals surface area contributed by atoms with Crippen LogP contribution in [0.5, 0.6) is 0 Å². The zero-order valence-electron chi connectivity index (χ0n) is 11.7. The molecule has 0 aliphatic carbocycles.